The molecule has 1 aromatic carbocycles. The van der Waals surface area contributed by atoms with Crippen molar-refractivity contribution in [1.82, 2.24) is 14.5 Å². The molecule has 2 N–H and O–H groups in total. The number of aromatic nitrogens is 3. The molecule has 2 aromatic heterocycles. The van der Waals surface area contributed by atoms with Crippen molar-refractivity contribution >= 4 is 11.0 Å². The number of nitrogens with two attached hydrogens (primary N) is 1. The van der Waals surface area contributed by atoms with Gasteiger partial charge in [0.2, 0.25) is 0 Å². The Balaban J connectivity index is 2.16. The van der Waals surface area contributed by atoms with Crippen molar-refractivity contribution in [3.8, 4) is 11.5 Å². The van der Waals surface area contributed by atoms with E-state index >= 15 is 0 Å². The van der Waals surface area contributed by atoms with Crippen molar-refractivity contribution in [1.29, 1.82) is 0 Å². The van der Waals surface area contributed by atoms with E-state index in [0.717, 1.165) is 22.6 Å². The highest BCUT2D eigenvalue weighted by atomic mass is 15.1. The second-order valence-electron chi connectivity index (χ2n) is 5.09. The quantitative estimate of drug-likeness (QED) is 0.793. The van der Waals surface area contributed by atoms with E-state index in [-0.39, 0.29) is 0 Å². The fraction of sp³-hybridized carbons (Fsp3) is 0.250. The molecule has 0 spiro atoms. The summed E-state index contributed by atoms with van der Waals surface area (Å²) in [5.74, 6) is 1.24. The first-order valence-corrected chi connectivity index (χ1v) is 6.78. The van der Waals surface area contributed by atoms with Crippen LogP contribution in [0.1, 0.15) is 18.4 Å². The van der Waals surface area contributed by atoms with E-state index < -0.39 is 0 Å². The number of hydrogen-bond donors (Lipinski definition) is 1. The van der Waals surface area contributed by atoms with E-state index in [0.29, 0.717) is 12.5 Å². The lowest BCUT2D eigenvalue weighted by molar-refractivity contribution is 0.774. The highest BCUT2D eigenvalue weighted by molar-refractivity contribution is 5.80. The first-order valence-electron chi connectivity index (χ1n) is 6.78. The van der Waals surface area contributed by atoms with E-state index in [9.17, 15) is 0 Å². The highest BCUT2D eigenvalue weighted by Gasteiger charge is 2.12. The van der Waals surface area contributed by atoms with Crippen molar-refractivity contribution < 1.29 is 0 Å². The number of nitrogens with zero attached hydrogens (tertiary/aromatic N) is 3. The van der Waals surface area contributed by atoms with Gasteiger partial charge in [-0.3, -0.25) is 4.98 Å². The molecular formula is C16H18N4. The third-order valence-corrected chi connectivity index (χ3v) is 3.72. The van der Waals surface area contributed by atoms with Gasteiger partial charge in [-0.2, -0.15) is 0 Å². The number of rotatable bonds is 3. The Kier molecular flexibility index (Phi) is 3.24. The summed E-state index contributed by atoms with van der Waals surface area (Å²) in [5.41, 5.74) is 9.99. The van der Waals surface area contributed by atoms with Crippen molar-refractivity contribution in [2.75, 3.05) is 6.54 Å². The van der Waals surface area contributed by atoms with E-state index in [1.165, 1.54) is 5.56 Å². The minimum Gasteiger partial charge on any atom is -0.330 e. The molecule has 20 heavy (non-hydrogen) atoms. The summed E-state index contributed by atoms with van der Waals surface area (Å²) < 4.78 is 2.09. The first-order chi connectivity index (χ1) is 9.70. The molecule has 0 aliphatic heterocycles. The second kappa shape index (κ2) is 5.06. The van der Waals surface area contributed by atoms with Crippen molar-refractivity contribution in [2.24, 2.45) is 12.8 Å². The smallest absolute Gasteiger partial charge is 0.159 e. The molecule has 0 aliphatic rings. The maximum absolute atomic E-state index is 5.75. The second-order valence-corrected chi connectivity index (χ2v) is 5.09. The lowest BCUT2D eigenvalue weighted by atomic mass is 10.0. The van der Waals surface area contributed by atoms with Gasteiger partial charge in [-0.25, -0.2) is 4.98 Å². The van der Waals surface area contributed by atoms with Gasteiger partial charge in [0.25, 0.3) is 0 Å². The average molecular weight is 266 g/mol. The zero-order valence-corrected chi connectivity index (χ0v) is 11.7. The maximum Gasteiger partial charge on any atom is 0.159 e. The molecule has 4 heteroatoms. The summed E-state index contributed by atoms with van der Waals surface area (Å²) in [6.45, 7) is 2.79. The van der Waals surface area contributed by atoms with Crippen LogP contribution < -0.4 is 5.73 Å². The number of benzene rings is 1. The minimum atomic E-state index is 0.354. The molecule has 0 amide bonds. The number of hydrogen-bond acceptors (Lipinski definition) is 3. The first kappa shape index (κ1) is 12.8. The van der Waals surface area contributed by atoms with Crippen LogP contribution in [-0.4, -0.2) is 21.1 Å². The summed E-state index contributed by atoms with van der Waals surface area (Å²) >= 11 is 0. The summed E-state index contributed by atoms with van der Waals surface area (Å²) in [6.07, 6.45) is 1.79. The van der Waals surface area contributed by atoms with Crippen molar-refractivity contribution in [3.05, 3.63) is 48.2 Å². The van der Waals surface area contributed by atoms with Gasteiger partial charge < -0.3 is 10.3 Å². The topological polar surface area (TPSA) is 56.7 Å². The third-order valence-electron chi connectivity index (χ3n) is 3.72. The molecule has 1 unspecified atom stereocenters. The molecule has 3 aromatic rings. The molecule has 0 fully saturated rings. The SMILES string of the molecule is CC(CN)c1ccc2nc(-c3ccccn3)n(C)c2c1. The van der Waals surface area contributed by atoms with Gasteiger partial charge in [0.1, 0.15) is 5.69 Å². The predicted molar refractivity (Wildman–Crippen MR) is 81.4 cm³/mol. The number of imidazole rings is 1. The van der Waals surface area contributed by atoms with Gasteiger partial charge in [-0.1, -0.05) is 19.1 Å². The molecule has 0 saturated carbocycles. The van der Waals surface area contributed by atoms with Gasteiger partial charge in [-0.15, -0.1) is 0 Å². The van der Waals surface area contributed by atoms with E-state index in [4.69, 9.17) is 5.73 Å². The number of pyridine rings is 1. The lowest BCUT2D eigenvalue weighted by Gasteiger charge is -2.09. The van der Waals surface area contributed by atoms with E-state index in [1.807, 2.05) is 25.2 Å². The number of fused-ring (bicyclic) bond motifs is 1. The fourth-order valence-electron chi connectivity index (χ4n) is 2.37. The third kappa shape index (κ3) is 2.08. The van der Waals surface area contributed by atoms with E-state index in [2.05, 4.69) is 39.7 Å². The fourth-order valence-corrected chi connectivity index (χ4v) is 2.37. The molecule has 2 heterocycles. The summed E-state index contributed by atoms with van der Waals surface area (Å²) in [6, 6.07) is 12.2. The molecule has 1 atom stereocenters. The van der Waals surface area contributed by atoms with Gasteiger partial charge in [0.05, 0.1) is 11.0 Å². The van der Waals surface area contributed by atoms with Crippen molar-refractivity contribution in [2.45, 2.75) is 12.8 Å². The minimum absolute atomic E-state index is 0.354. The Bertz CT molecular complexity index is 731. The standard InChI is InChI=1S/C16H18N4/c1-11(10-17)12-6-7-13-15(9-12)20(2)16(19-13)14-5-3-4-8-18-14/h3-9,11H,10,17H2,1-2H3. The Morgan fingerprint density at radius 2 is 2.10 bits per heavy atom. The Hall–Kier alpha value is -2.20. The van der Waals surface area contributed by atoms with Crippen LogP contribution in [0.2, 0.25) is 0 Å². The molecular weight excluding hydrogens is 248 g/mol. The maximum atomic E-state index is 5.75. The highest BCUT2D eigenvalue weighted by Crippen LogP contribution is 2.25. The van der Waals surface area contributed by atoms with Crippen LogP contribution in [0, 0.1) is 0 Å². The largest absolute Gasteiger partial charge is 0.330 e. The molecule has 0 bridgehead atoms. The Morgan fingerprint density at radius 3 is 2.80 bits per heavy atom. The average Bonchev–Trinajstić information content (AvgIpc) is 2.84. The van der Waals surface area contributed by atoms with Crippen LogP contribution in [0.3, 0.4) is 0 Å². The van der Waals surface area contributed by atoms with Crippen LogP contribution >= 0.6 is 0 Å². The molecule has 0 radical (unpaired) electrons. The normalized spacial score (nSPS) is 12.8. The molecule has 0 aliphatic carbocycles. The zero-order valence-electron chi connectivity index (χ0n) is 11.7. The van der Waals surface area contributed by atoms with Gasteiger partial charge in [0.15, 0.2) is 5.82 Å². The predicted octanol–water partition coefficient (Wildman–Crippen LogP) is 2.70. The Labute approximate surface area is 118 Å². The molecule has 0 saturated heterocycles. The molecule has 102 valence electrons. The Morgan fingerprint density at radius 1 is 1.25 bits per heavy atom. The summed E-state index contributed by atoms with van der Waals surface area (Å²) in [5, 5.41) is 0. The van der Waals surface area contributed by atoms with Crippen LogP contribution in [0.25, 0.3) is 22.6 Å². The van der Waals surface area contributed by atoms with Crippen LogP contribution in [0.5, 0.6) is 0 Å². The van der Waals surface area contributed by atoms with Gasteiger partial charge in [0, 0.05) is 13.2 Å². The number of aryl methyl sites for hydroxylation is 1. The van der Waals surface area contributed by atoms with Crippen LogP contribution in [-0.2, 0) is 7.05 Å². The zero-order chi connectivity index (χ0) is 14.1. The van der Waals surface area contributed by atoms with Crippen LogP contribution in [0.4, 0.5) is 0 Å². The van der Waals surface area contributed by atoms with E-state index in [1.54, 1.807) is 6.20 Å². The molecule has 4 nitrogen and oxygen atoms in total. The van der Waals surface area contributed by atoms with Gasteiger partial charge in [-0.05, 0) is 42.3 Å². The monoisotopic (exact) mass is 266 g/mol. The summed E-state index contributed by atoms with van der Waals surface area (Å²) in [4.78, 5) is 9.05. The van der Waals surface area contributed by atoms with Crippen LogP contribution in [0.15, 0.2) is 42.6 Å². The van der Waals surface area contributed by atoms with Crippen molar-refractivity contribution in [3.63, 3.8) is 0 Å². The lowest BCUT2D eigenvalue weighted by Crippen LogP contribution is -2.08. The molecule has 3 rings (SSSR count). The summed E-state index contributed by atoms with van der Waals surface area (Å²) in [7, 11) is 2.02. The van der Waals surface area contributed by atoms with Gasteiger partial charge >= 0.3 is 0 Å².